The second-order valence-electron chi connectivity index (χ2n) is 10.9. The number of halogens is 4. The Morgan fingerprint density at radius 3 is 0.944 bits per heavy atom. The third kappa shape index (κ3) is 15.2. The topological polar surface area (TPSA) is 145 Å². The van der Waals surface area contributed by atoms with Crippen LogP contribution < -0.4 is 18.9 Å². The first-order chi connectivity index (χ1) is 25.9. The Morgan fingerprint density at radius 2 is 0.685 bits per heavy atom. The summed E-state index contributed by atoms with van der Waals surface area (Å²) in [5.74, 6) is -2.07. The van der Waals surface area contributed by atoms with Crippen LogP contribution in [-0.4, -0.2) is 87.9 Å². The molecule has 0 spiro atoms. The highest BCUT2D eigenvalue weighted by Gasteiger charge is 2.32. The van der Waals surface area contributed by atoms with Crippen LogP contribution in [0.1, 0.15) is 0 Å². The molecule has 0 heterocycles. The van der Waals surface area contributed by atoms with E-state index in [-0.39, 0.29) is 0 Å². The van der Waals surface area contributed by atoms with Gasteiger partial charge in [0.25, 0.3) is 0 Å². The lowest BCUT2D eigenvalue weighted by Crippen LogP contribution is -2.50. The van der Waals surface area contributed by atoms with E-state index in [0.29, 0.717) is 43.1 Å². The maximum atomic E-state index is 13.0. The Morgan fingerprint density at radius 1 is 0.444 bits per heavy atom. The molecule has 0 saturated heterocycles. The van der Waals surface area contributed by atoms with Crippen LogP contribution >= 0.6 is 46.4 Å². The molecule has 0 radical (unpaired) electrons. The van der Waals surface area contributed by atoms with Crippen molar-refractivity contribution in [1.82, 2.24) is 4.90 Å². The number of esters is 4. The van der Waals surface area contributed by atoms with Crippen molar-refractivity contribution < 1.29 is 57.1 Å². The van der Waals surface area contributed by atoms with Crippen molar-refractivity contribution in [3.05, 3.63) is 117 Å². The monoisotopic (exact) mass is 823 g/mol. The van der Waals surface area contributed by atoms with Gasteiger partial charge >= 0.3 is 23.9 Å². The number of nitrogens with zero attached hydrogens (tertiary/aromatic N) is 1. The highest BCUT2D eigenvalue weighted by atomic mass is 35.5. The first-order valence-corrected chi connectivity index (χ1v) is 17.4. The Balaban J connectivity index is 1.45. The molecule has 286 valence electrons. The van der Waals surface area contributed by atoms with Crippen molar-refractivity contribution in [3.63, 3.8) is 0 Å². The lowest BCUT2D eigenvalue weighted by atomic mass is 10.3. The second kappa shape index (κ2) is 21.7. The van der Waals surface area contributed by atoms with Gasteiger partial charge in [-0.05, 0) is 104 Å². The first kappa shape index (κ1) is 41.8. The van der Waals surface area contributed by atoms with E-state index < -0.39 is 76.0 Å². The van der Waals surface area contributed by atoms with Gasteiger partial charge in [0.05, 0.1) is 0 Å². The van der Waals surface area contributed by atoms with Crippen molar-refractivity contribution in [1.29, 1.82) is 0 Å². The summed E-state index contributed by atoms with van der Waals surface area (Å²) in [5.41, 5.74) is 0. The lowest BCUT2D eigenvalue weighted by Gasteiger charge is -2.33. The van der Waals surface area contributed by atoms with Crippen LogP contribution in [0.15, 0.2) is 97.1 Å². The first-order valence-electron chi connectivity index (χ1n) is 15.9. The van der Waals surface area contributed by atoms with Crippen LogP contribution in [0, 0.1) is 0 Å². The van der Waals surface area contributed by atoms with Crippen LogP contribution in [0.2, 0.25) is 20.1 Å². The molecule has 2 unspecified atom stereocenters. The summed E-state index contributed by atoms with van der Waals surface area (Å²) >= 11 is 23.6. The molecule has 4 rings (SSSR count). The average molecular weight is 825 g/mol. The summed E-state index contributed by atoms with van der Waals surface area (Å²) in [6.45, 7) is -3.27. The number of carbonyl (C=O) groups excluding carboxylic acids is 4. The highest BCUT2D eigenvalue weighted by Crippen LogP contribution is 2.19. The zero-order chi connectivity index (χ0) is 38.9. The molecule has 0 aliphatic rings. The van der Waals surface area contributed by atoms with E-state index in [1.54, 1.807) is 97.1 Å². The van der Waals surface area contributed by atoms with E-state index in [1.807, 2.05) is 0 Å². The highest BCUT2D eigenvalue weighted by molar-refractivity contribution is 6.31. The molecule has 54 heavy (non-hydrogen) atoms. The molecule has 0 fully saturated rings. The second-order valence-corrected chi connectivity index (χ2v) is 12.6. The van der Waals surface area contributed by atoms with E-state index in [0.717, 1.165) is 0 Å². The van der Waals surface area contributed by atoms with E-state index in [4.69, 9.17) is 84.3 Å². The molecular formula is C37H33Cl4NO12. The van der Waals surface area contributed by atoms with Gasteiger partial charge in [0.2, 0.25) is 0 Å². The predicted octanol–water partition coefficient (Wildman–Crippen LogP) is 6.67. The summed E-state index contributed by atoms with van der Waals surface area (Å²) in [6, 6.07) is 25.1. The Labute approximate surface area is 330 Å². The fourth-order valence-corrected chi connectivity index (χ4v) is 4.63. The standard InChI is InChI=1S/C37H33Cl4NO12/c1-42(32(53-36(45)22-49-30-14-6-26(40)7-15-30)18-51-34(43)20-47-28-10-2-24(38)3-11-28)33(54-37(46)23-50-31-16-8-27(41)9-17-31)19-52-35(44)21-48-29-12-4-25(39)5-13-29/h2-17,32-33H,18-23H2,1H3. The molecule has 17 heteroatoms. The quantitative estimate of drug-likeness (QED) is 0.0532. The number of benzene rings is 4. The number of hydrogen-bond donors (Lipinski definition) is 0. The Kier molecular flexibility index (Phi) is 16.8. The summed E-state index contributed by atoms with van der Waals surface area (Å²) in [4.78, 5) is 52.5. The number of rotatable bonds is 20. The zero-order valence-electron chi connectivity index (χ0n) is 28.5. The number of ether oxygens (including phenoxy) is 8. The van der Waals surface area contributed by atoms with E-state index in [9.17, 15) is 19.2 Å². The van der Waals surface area contributed by atoms with Gasteiger partial charge in [-0.3, -0.25) is 0 Å². The van der Waals surface area contributed by atoms with Crippen LogP contribution in [0.4, 0.5) is 0 Å². The van der Waals surface area contributed by atoms with Crippen LogP contribution in [0.3, 0.4) is 0 Å². The van der Waals surface area contributed by atoms with Gasteiger partial charge in [-0.25, -0.2) is 24.1 Å². The molecule has 0 aliphatic heterocycles. The maximum absolute atomic E-state index is 13.0. The Hall–Kier alpha value is -4.92. The molecule has 0 N–H and O–H groups in total. The SMILES string of the molecule is CN(C(COC(=O)COc1ccc(Cl)cc1)OC(=O)COc1ccc(Cl)cc1)C(COC(=O)COc1ccc(Cl)cc1)OC(=O)COc1ccc(Cl)cc1. The minimum atomic E-state index is -1.41. The van der Waals surface area contributed by atoms with Crippen LogP contribution in [0.25, 0.3) is 0 Å². The summed E-state index contributed by atoms with van der Waals surface area (Å²) in [7, 11) is 1.38. The molecule has 0 saturated carbocycles. The van der Waals surface area contributed by atoms with Crippen molar-refractivity contribution in [3.8, 4) is 23.0 Å². The predicted molar refractivity (Wildman–Crippen MR) is 197 cm³/mol. The van der Waals surface area contributed by atoms with Gasteiger partial charge in [0.15, 0.2) is 38.9 Å². The molecule has 4 aromatic carbocycles. The van der Waals surface area contributed by atoms with Gasteiger partial charge in [-0.2, -0.15) is 0 Å². The molecule has 2 atom stereocenters. The zero-order valence-corrected chi connectivity index (χ0v) is 31.5. The lowest BCUT2D eigenvalue weighted by molar-refractivity contribution is -0.201. The van der Waals surface area contributed by atoms with Crippen molar-refractivity contribution in [2.45, 2.75) is 12.5 Å². The fraction of sp³-hybridized carbons (Fsp3) is 0.243. The van der Waals surface area contributed by atoms with Gasteiger partial charge < -0.3 is 37.9 Å². The molecule has 13 nitrogen and oxygen atoms in total. The van der Waals surface area contributed by atoms with E-state index in [2.05, 4.69) is 0 Å². The van der Waals surface area contributed by atoms with Gasteiger partial charge in [-0.15, -0.1) is 0 Å². The molecule has 0 bridgehead atoms. The molecular weight excluding hydrogens is 792 g/mol. The van der Waals surface area contributed by atoms with Crippen molar-refractivity contribution in [2.75, 3.05) is 46.7 Å². The number of carbonyl (C=O) groups is 4. The largest absolute Gasteiger partial charge is 0.482 e. The summed E-state index contributed by atoms with van der Waals surface area (Å²) in [6.07, 6.45) is -2.82. The number of likely N-dealkylation sites (N-methyl/N-ethyl adjacent to an activating group) is 1. The number of hydrogen-bond acceptors (Lipinski definition) is 13. The maximum Gasteiger partial charge on any atom is 0.345 e. The molecule has 0 aromatic heterocycles. The Bertz CT molecular complexity index is 1680. The van der Waals surface area contributed by atoms with Gasteiger partial charge in [-0.1, -0.05) is 46.4 Å². The third-order valence-corrected chi connectivity index (χ3v) is 7.91. The van der Waals surface area contributed by atoms with E-state index >= 15 is 0 Å². The van der Waals surface area contributed by atoms with Crippen LogP contribution in [0.5, 0.6) is 23.0 Å². The van der Waals surface area contributed by atoms with Crippen molar-refractivity contribution >= 4 is 70.3 Å². The summed E-state index contributed by atoms with van der Waals surface area (Å²) in [5, 5.41) is 1.88. The van der Waals surface area contributed by atoms with E-state index in [1.165, 1.54) is 11.9 Å². The summed E-state index contributed by atoms with van der Waals surface area (Å²) < 4.78 is 43.8. The molecule has 4 aromatic rings. The van der Waals surface area contributed by atoms with Gasteiger partial charge in [0, 0.05) is 20.1 Å². The van der Waals surface area contributed by atoms with Crippen molar-refractivity contribution in [2.24, 2.45) is 0 Å². The smallest absolute Gasteiger partial charge is 0.345 e. The molecule has 0 amide bonds. The normalized spacial score (nSPS) is 11.8. The van der Waals surface area contributed by atoms with Gasteiger partial charge in [0.1, 0.15) is 36.2 Å². The van der Waals surface area contributed by atoms with Crippen LogP contribution in [-0.2, 0) is 38.1 Å². The molecule has 0 aliphatic carbocycles. The minimum Gasteiger partial charge on any atom is -0.482 e. The fourth-order valence-electron chi connectivity index (χ4n) is 4.13. The average Bonchev–Trinajstić information content (AvgIpc) is 3.16. The minimum absolute atomic E-state index is 0.326. The third-order valence-electron chi connectivity index (χ3n) is 6.90.